The third-order valence-corrected chi connectivity index (χ3v) is 2.72. The van der Waals surface area contributed by atoms with Crippen molar-refractivity contribution in [3.8, 4) is 0 Å². The van der Waals surface area contributed by atoms with Crippen molar-refractivity contribution in [3.63, 3.8) is 0 Å². The molecule has 2 rings (SSSR count). The van der Waals surface area contributed by atoms with Gasteiger partial charge in [-0.15, -0.1) is 0 Å². The number of nitrogens with one attached hydrogen (secondary N) is 1. The quantitative estimate of drug-likeness (QED) is 0.907. The van der Waals surface area contributed by atoms with Crippen LogP contribution in [0.1, 0.15) is 11.4 Å². The van der Waals surface area contributed by atoms with Crippen molar-refractivity contribution in [2.45, 2.75) is 13.1 Å². The largest absolute Gasteiger partial charge is 0.329 e. The van der Waals surface area contributed by atoms with Crippen LogP contribution in [0.3, 0.4) is 0 Å². The Morgan fingerprint density at radius 1 is 1.47 bits per heavy atom. The minimum absolute atomic E-state index is 0.251. The number of benzene rings is 1. The summed E-state index contributed by atoms with van der Waals surface area (Å²) < 4.78 is 15.5. The summed E-state index contributed by atoms with van der Waals surface area (Å²) >= 11 is 5.85. The van der Waals surface area contributed by atoms with Crippen molar-refractivity contribution in [1.82, 2.24) is 14.9 Å². The van der Waals surface area contributed by atoms with Crippen LogP contribution >= 0.6 is 11.6 Å². The van der Waals surface area contributed by atoms with Gasteiger partial charge in [-0.1, -0.05) is 11.6 Å². The fourth-order valence-electron chi connectivity index (χ4n) is 1.66. The Labute approximate surface area is 104 Å². The van der Waals surface area contributed by atoms with Crippen molar-refractivity contribution in [2.75, 3.05) is 7.05 Å². The molecule has 0 saturated heterocycles. The maximum atomic E-state index is 13.6. The second kappa shape index (κ2) is 5.29. The lowest BCUT2D eigenvalue weighted by molar-refractivity contribution is 0.590. The Bertz CT molecular complexity index is 510. The standard InChI is InChI=1S/C12H13ClFN3/c1-15-7-12-16-4-5-17(12)8-9-6-10(13)2-3-11(9)14/h2-6,15H,7-8H2,1H3. The molecule has 2 aromatic rings. The van der Waals surface area contributed by atoms with Crippen molar-refractivity contribution in [3.05, 3.63) is 52.8 Å². The zero-order chi connectivity index (χ0) is 12.3. The fraction of sp³-hybridized carbons (Fsp3) is 0.250. The van der Waals surface area contributed by atoms with E-state index < -0.39 is 0 Å². The molecule has 90 valence electrons. The number of hydrogen-bond donors (Lipinski definition) is 1. The molecule has 0 aliphatic heterocycles. The lowest BCUT2D eigenvalue weighted by Gasteiger charge is -2.08. The van der Waals surface area contributed by atoms with Gasteiger partial charge >= 0.3 is 0 Å². The van der Waals surface area contributed by atoms with E-state index in [1.54, 1.807) is 18.3 Å². The summed E-state index contributed by atoms with van der Waals surface area (Å²) in [7, 11) is 1.85. The Morgan fingerprint density at radius 3 is 3.06 bits per heavy atom. The van der Waals surface area contributed by atoms with Crippen LogP contribution in [-0.2, 0) is 13.1 Å². The predicted molar refractivity (Wildman–Crippen MR) is 65.5 cm³/mol. The van der Waals surface area contributed by atoms with E-state index in [9.17, 15) is 4.39 Å². The lowest BCUT2D eigenvalue weighted by Crippen LogP contribution is -2.13. The van der Waals surface area contributed by atoms with Crippen molar-refractivity contribution in [1.29, 1.82) is 0 Å². The number of rotatable bonds is 4. The second-order valence-corrected chi connectivity index (χ2v) is 4.17. The Balaban J connectivity index is 2.25. The number of hydrogen-bond acceptors (Lipinski definition) is 2. The van der Waals surface area contributed by atoms with Gasteiger partial charge in [0.2, 0.25) is 0 Å². The van der Waals surface area contributed by atoms with E-state index in [2.05, 4.69) is 10.3 Å². The minimum atomic E-state index is -0.251. The van der Waals surface area contributed by atoms with E-state index in [1.807, 2.05) is 17.8 Å². The first-order valence-electron chi connectivity index (χ1n) is 5.29. The molecule has 1 aromatic heterocycles. The van der Waals surface area contributed by atoms with Crippen LogP contribution in [0.5, 0.6) is 0 Å². The SMILES string of the molecule is CNCc1nccn1Cc1cc(Cl)ccc1F. The second-order valence-electron chi connectivity index (χ2n) is 3.74. The molecule has 0 aliphatic carbocycles. The Hall–Kier alpha value is -1.39. The normalized spacial score (nSPS) is 10.8. The van der Waals surface area contributed by atoms with Crippen LogP contribution in [-0.4, -0.2) is 16.6 Å². The number of halogens is 2. The lowest BCUT2D eigenvalue weighted by atomic mass is 10.2. The van der Waals surface area contributed by atoms with Gasteiger partial charge in [0.05, 0.1) is 13.1 Å². The van der Waals surface area contributed by atoms with Gasteiger partial charge in [0, 0.05) is 23.0 Å². The van der Waals surface area contributed by atoms with Gasteiger partial charge in [0.25, 0.3) is 0 Å². The zero-order valence-corrected chi connectivity index (χ0v) is 10.2. The first-order valence-corrected chi connectivity index (χ1v) is 5.67. The van der Waals surface area contributed by atoms with Gasteiger partial charge in [0.15, 0.2) is 0 Å². The molecule has 0 spiro atoms. The van der Waals surface area contributed by atoms with E-state index in [4.69, 9.17) is 11.6 Å². The molecule has 17 heavy (non-hydrogen) atoms. The third kappa shape index (κ3) is 2.84. The fourth-order valence-corrected chi connectivity index (χ4v) is 1.85. The summed E-state index contributed by atoms with van der Waals surface area (Å²) in [5, 5.41) is 3.56. The molecule has 0 aliphatic rings. The monoisotopic (exact) mass is 253 g/mol. The van der Waals surface area contributed by atoms with Gasteiger partial charge in [-0.2, -0.15) is 0 Å². The van der Waals surface area contributed by atoms with Gasteiger partial charge in [-0.05, 0) is 25.2 Å². The molecule has 0 fully saturated rings. The molecule has 0 amide bonds. The molecular formula is C12H13ClFN3. The first-order chi connectivity index (χ1) is 8.20. The maximum absolute atomic E-state index is 13.6. The number of nitrogens with zero attached hydrogens (tertiary/aromatic N) is 2. The third-order valence-electron chi connectivity index (χ3n) is 2.49. The molecule has 0 atom stereocenters. The average molecular weight is 254 g/mol. The smallest absolute Gasteiger partial charge is 0.128 e. The highest BCUT2D eigenvalue weighted by atomic mass is 35.5. The van der Waals surface area contributed by atoms with E-state index in [1.165, 1.54) is 6.07 Å². The molecule has 1 N–H and O–H groups in total. The summed E-state index contributed by atoms with van der Waals surface area (Å²) in [5.74, 6) is 0.616. The summed E-state index contributed by atoms with van der Waals surface area (Å²) in [6.07, 6.45) is 3.53. The molecule has 1 aromatic carbocycles. The van der Waals surface area contributed by atoms with Gasteiger partial charge in [-0.3, -0.25) is 0 Å². The summed E-state index contributed by atoms with van der Waals surface area (Å²) in [4.78, 5) is 4.20. The Morgan fingerprint density at radius 2 is 2.29 bits per heavy atom. The van der Waals surface area contributed by atoms with Crippen molar-refractivity contribution >= 4 is 11.6 Å². The van der Waals surface area contributed by atoms with E-state index in [0.29, 0.717) is 23.7 Å². The molecular weight excluding hydrogens is 241 g/mol. The average Bonchev–Trinajstić information content (AvgIpc) is 2.72. The van der Waals surface area contributed by atoms with E-state index >= 15 is 0 Å². The van der Waals surface area contributed by atoms with Crippen LogP contribution in [0, 0.1) is 5.82 Å². The molecule has 1 heterocycles. The summed E-state index contributed by atoms with van der Waals surface area (Å²) in [5.41, 5.74) is 0.563. The first kappa shape index (κ1) is 12.1. The highest BCUT2D eigenvalue weighted by molar-refractivity contribution is 6.30. The number of imidazole rings is 1. The Kier molecular flexibility index (Phi) is 3.76. The molecule has 0 bridgehead atoms. The van der Waals surface area contributed by atoms with E-state index in [0.717, 1.165) is 5.82 Å². The van der Waals surface area contributed by atoms with E-state index in [-0.39, 0.29) is 5.82 Å². The molecule has 0 saturated carbocycles. The molecule has 0 unspecified atom stereocenters. The maximum Gasteiger partial charge on any atom is 0.128 e. The highest BCUT2D eigenvalue weighted by Crippen LogP contribution is 2.16. The van der Waals surface area contributed by atoms with Crippen molar-refractivity contribution in [2.24, 2.45) is 0 Å². The van der Waals surface area contributed by atoms with Gasteiger partial charge < -0.3 is 9.88 Å². The molecule has 5 heteroatoms. The van der Waals surface area contributed by atoms with Crippen LogP contribution in [0.25, 0.3) is 0 Å². The highest BCUT2D eigenvalue weighted by Gasteiger charge is 2.07. The molecule has 0 radical (unpaired) electrons. The predicted octanol–water partition coefficient (Wildman–Crippen LogP) is 2.44. The van der Waals surface area contributed by atoms with Crippen LogP contribution in [0.15, 0.2) is 30.6 Å². The number of aromatic nitrogens is 2. The molecule has 3 nitrogen and oxygen atoms in total. The summed E-state index contributed by atoms with van der Waals surface area (Å²) in [6, 6.07) is 4.56. The zero-order valence-electron chi connectivity index (χ0n) is 9.45. The van der Waals surface area contributed by atoms with Gasteiger partial charge in [0.1, 0.15) is 11.6 Å². The van der Waals surface area contributed by atoms with Crippen LogP contribution in [0.2, 0.25) is 5.02 Å². The van der Waals surface area contributed by atoms with Crippen LogP contribution < -0.4 is 5.32 Å². The minimum Gasteiger partial charge on any atom is -0.329 e. The van der Waals surface area contributed by atoms with Gasteiger partial charge in [-0.25, -0.2) is 9.37 Å². The summed E-state index contributed by atoms with van der Waals surface area (Å²) in [6.45, 7) is 1.08. The van der Waals surface area contributed by atoms with Crippen molar-refractivity contribution < 1.29 is 4.39 Å². The topological polar surface area (TPSA) is 29.9 Å². The van der Waals surface area contributed by atoms with Crippen LogP contribution in [0.4, 0.5) is 4.39 Å².